The number of likely N-dealkylation sites (tertiary alicyclic amines) is 1. The van der Waals surface area contributed by atoms with Crippen LogP contribution in [0.25, 0.3) is 0 Å². The quantitative estimate of drug-likeness (QED) is 0.600. The lowest BCUT2D eigenvalue weighted by molar-refractivity contribution is -0.122. The molecule has 1 aliphatic heterocycles. The Morgan fingerprint density at radius 2 is 1.86 bits per heavy atom. The highest BCUT2D eigenvalue weighted by Crippen LogP contribution is 2.31. The number of nitrogens with zero attached hydrogens (tertiary/aromatic N) is 1. The average molecular weight is 398 g/mol. The largest absolute Gasteiger partial charge is 0.491 e. The highest BCUT2D eigenvalue weighted by molar-refractivity contribution is 5.78. The summed E-state index contributed by atoms with van der Waals surface area (Å²) in [5.41, 5.74) is 8.34. The molecule has 0 unspecified atom stereocenters. The van der Waals surface area contributed by atoms with Gasteiger partial charge in [-0.05, 0) is 35.7 Å². The maximum absolute atomic E-state index is 12.4. The van der Waals surface area contributed by atoms with Crippen LogP contribution in [0.5, 0.6) is 5.75 Å². The van der Waals surface area contributed by atoms with Crippen molar-refractivity contribution in [2.45, 2.75) is 12.5 Å². The van der Waals surface area contributed by atoms with Gasteiger partial charge in [0.15, 0.2) is 0 Å². The summed E-state index contributed by atoms with van der Waals surface area (Å²) in [5, 5.41) is 3.01. The number of methoxy groups -OCH3 is 1. The lowest BCUT2D eigenvalue weighted by Gasteiger charge is -2.16. The van der Waals surface area contributed by atoms with Crippen LogP contribution in [0.3, 0.4) is 0 Å². The van der Waals surface area contributed by atoms with Crippen LogP contribution in [0.1, 0.15) is 17.0 Å². The summed E-state index contributed by atoms with van der Waals surface area (Å²) in [6.07, 6.45) is 0. The molecule has 6 heteroatoms. The van der Waals surface area contributed by atoms with Crippen molar-refractivity contribution in [3.63, 3.8) is 0 Å². The minimum absolute atomic E-state index is 0.0369. The molecule has 156 valence electrons. The Hall–Kier alpha value is -2.41. The Morgan fingerprint density at radius 1 is 1.10 bits per heavy atom. The van der Waals surface area contributed by atoms with Crippen molar-refractivity contribution in [1.82, 2.24) is 10.2 Å². The Kier molecular flexibility index (Phi) is 8.04. The zero-order valence-corrected chi connectivity index (χ0v) is 17.0. The number of rotatable bonds is 10. The van der Waals surface area contributed by atoms with Crippen molar-refractivity contribution < 1.29 is 14.3 Å². The molecule has 1 saturated heterocycles. The lowest BCUT2D eigenvalue weighted by atomic mass is 9.89. The molecule has 0 saturated carbocycles. The number of amides is 1. The van der Waals surface area contributed by atoms with Gasteiger partial charge in [-0.1, -0.05) is 42.5 Å². The summed E-state index contributed by atoms with van der Waals surface area (Å²) in [6.45, 7) is 4.35. The summed E-state index contributed by atoms with van der Waals surface area (Å²) in [6, 6.07) is 18.2. The number of nitrogens with two attached hydrogens (primary N) is 1. The van der Waals surface area contributed by atoms with E-state index in [-0.39, 0.29) is 5.91 Å². The van der Waals surface area contributed by atoms with Crippen LogP contribution < -0.4 is 15.8 Å². The van der Waals surface area contributed by atoms with Gasteiger partial charge in [-0.15, -0.1) is 0 Å². The fraction of sp³-hybridized carbons (Fsp3) is 0.435. The summed E-state index contributed by atoms with van der Waals surface area (Å²) in [7, 11) is 1.65. The molecule has 2 aromatic rings. The van der Waals surface area contributed by atoms with E-state index in [1.807, 2.05) is 30.3 Å². The van der Waals surface area contributed by atoms with Crippen LogP contribution in [0.4, 0.5) is 0 Å². The molecule has 3 rings (SSSR count). The molecule has 1 amide bonds. The second-order valence-electron chi connectivity index (χ2n) is 7.47. The van der Waals surface area contributed by atoms with E-state index in [4.69, 9.17) is 15.2 Å². The van der Waals surface area contributed by atoms with Gasteiger partial charge >= 0.3 is 0 Å². The third kappa shape index (κ3) is 6.29. The SMILES string of the molecule is COCCOc1ccc(CNC(=O)CN2C[C@@H](CN)[C@H](c3ccccc3)C2)cc1. The van der Waals surface area contributed by atoms with Gasteiger partial charge in [-0.2, -0.15) is 0 Å². The van der Waals surface area contributed by atoms with Crippen molar-refractivity contribution in [2.75, 3.05) is 46.5 Å². The predicted molar refractivity (Wildman–Crippen MR) is 114 cm³/mol. The first kappa shape index (κ1) is 21.3. The Labute approximate surface area is 173 Å². The summed E-state index contributed by atoms with van der Waals surface area (Å²) in [4.78, 5) is 14.6. The van der Waals surface area contributed by atoms with Gasteiger partial charge in [0.1, 0.15) is 12.4 Å². The topological polar surface area (TPSA) is 76.8 Å². The third-order valence-electron chi connectivity index (χ3n) is 5.38. The molecule has 0 bridgehead atoms. The summed E-state index contributed by atoms with van der Waals surface area (Å²) >= 11 is 0. The fourth-order valence-corrected chi connectivity index (χ4v) is 3.81. The lowest BCUT2D eigenvalue weighted by Crippen LogP contribution is -2.36. The maximum atomic E-state index is 12.4. The molecule has 1 aliphatic rings. The van der Waals surface area contributed by atoms with E-state index in [1.54, 1.807) is 7.11 Å². The first-order valence-electron chi connectivity index (χ1n) is 10.1. The zero-order valence-electron chi connectivity index (χ0n) is 17.0. The minimum atomic E-state index is 0.0369. The van der Waals surface area contributed by atoms with E-state index in [2.05, 4.69) is 34.5 Å². The number of benzene rings is 2. The molecule has 29 heavy (non-hydrogen) atoms. The Balaban J connectivity index is 1.45. The normalized spacial score (nSPS) is 19.2. The highest BCUT2D eigenvalue weighted by Gasteiger charge is 2.33. The van der Waals surface area contributed by atoms with E-state index < -0.39 is 0 Å². The van der Waals surface area contributed by atoms with Crippen molar-refractivity contribution >= 4 is 5.91 Å². The molecule has 1 heterocycles. The summed E-state index contributed by atoms with van der Waals surface area (Å²) < 4.78 is 10.5. The average Bonchev–Trinajstić information content (AvgIpc) is 3.17. The summed E-state index contributed by atoms with van der Waals surface area (Å²) in [5.74, 6) is 1.61. The molecule has 2 atom stereocenters. The minimum Gasteiger partial charge on any atom is -0.491 e. The highest BCUT2D eigenvalue weighted by atomic mass is 16.5. The van der Waals surface area contributed by atoms with Crippen LogP contribution in [-0.4, -0.2) is 57.3 Å². The molecule has 0 aliphatic carbocycles. The molecule has 1 fully saturated rings. The second-order valence-corrected chi connectivity index (χ2v) is 7.47. The Morgan fingerprint density at radius 3 is 2.55 bits per heavy atom. The molecule has 0 radical (unpaired) electrons. The van der Waals surface area contributed by atoms with Crippen molar-refractivity contribution in [3.05, 3.63) is 65.7 Å². The van der Waals surface area contributed by atoms with Gasteiger partial charge in [-0.3, -0.25) is 9.69 Å². The first-order valence-corrected chi connectivity index (χ1v) is 10.1. The molecule has 2 aromatic carbocycles. The first-order chi connectivity index (χ1) is 14.2. The molecule has 6 nitrogen and oxygen atoms in total. The van der Waals surface area contributed by atoms with Crippen LogP contribution in [0.2, 0.25) is 0 Å². The monoisotopic (exact) mass is 397 g/mol. The van der Waals surface area contributed by atoms with Gasteiger partial charge in [0, 0.05) is 32.7 Å². The number of nitrogens with one attached hydrogen (secondary N) is 1. The zero-order chi connectivity index (χ0) is 20.5. The number of hydrogen-bond acceptors (Lipinski definition) is 5. The van der Waals surface area contributed by atoms with E-state index in [1.165, 1.54) is 5.56 Å². The predicted octanol–water partition coefficient (Wildman–Crippen LogP) is 2.00. The van der Waals surface area contributed by atoms with Crippen molar-refractivity contribution in [2.24, 2.45) is 11.7 Å². The molecule has 0 spiro atoms. The van der Waals surface area contributed by atoms with Gasteiger partial charge in [-0.25, -0.2) is 0 Å². The molecular formula is C23H31N3O3. The smallest absolute Gasteiger partial charge is 0.234 e. The van der Waals surface area contributed by atoms with Gasteiger partial charge < -0.3 is 20.5 Å². The number of carbonyl (C=O) groups excluding carboxylic acids is 1. The van der Waals surface area contributed by atoms with Crippen LogP contribution >= 0.6 is 0 Å². The number of ether oxygens (including phenoxy) is 2. The molecule has 3 N–H and O–H groups in total. The fourth-order valence-electron chi connectivity index (χ4n) is 3.81. The van der Waals surface area contributed by atoms with Crippen LogP contribution in [0.15, 0.2) is 54.6 Å². The second kappa shape index (κ2) is 11.0. The van der Waals surface area contributed by atoms with Gasteiger partial charge in [0.2, 0.25) is 5.91 Å². The van der Waals surface area contributed by atoms with Crippen molar-refractivity contribution in [3.8, 4) is 5.75 Å². The number of carbonyl (C=O) groups is 1. The van der Waals surface area contributed by atoms with E-state index in [0.717, 1.165) is 24.4 Å². The van der Waals surface area contributed by atoms with Gasteiger partial charge in [0.25, 0.3) is 0 Å². The third-order valence-corrected chi connectivity index (χ3v) is 5.38. The number of hydrogen-bond donors (Lipinski definition) is 2. The standard InChI is InChI=1S/C23H31N3O3/c1-28-11-12-29-21-9-7-18(8-10-21)14-25-23(27)17-26-15-20(13-24)22(16-26)19-5-3-2-4-6-19/h2-10,20,22H,11-17,24H2,1H3,(H,25,27)/t20-,22+/m1/s1. The van der Waals surface area contributed by atoms with E-state index in [9.17, 15) is 4.79 Å². The van der Waals surface area contributed by atoms with Gasteiger partial charge in [0.05, 0.1) is 13.2 Å². The maximum Gasteiger partial charge on any atom is 0.234 e. The van der Waals surface area contributed by atoms with E-state index in [0.29, 0.717) is 44.7 Å². The van der Waals surface area contributed by atoms with Crippen LogP contribution in [0, 0.1) is 5.92 Å². The molecule has 0 aromatic heterocycles. The van der Waals surface area contributed by atoms with E-state index >= 15 is 0 Å². The molecular weight excluding hydrogens is 366 g/mol. The Bertz CT molecular complexity index is 752. The van der Waals surface area contributed by atoms with Crippen LogP contribution in [-0.2, 0) is 16.1 Å². The van der Waals surface area contributed by atoms with Crippen molar-refractivity contribution in [1.29, 1.82) is 0 Å².